The van der Waals surface area contributed by atoms with Crippen LogP contribution in [0.3, 0.4) is 0 Å². The van der Waals surface area contributed by atoms with Crippen LogP contribution in [0.5, 0.6) is 0 Å². The minimum atomic E-state index is 0.117. The SMILES string of the molecule is CN(C)CC(=O)N1CCO[C@@H]2[C@H](CNc3ncccn3)CC[C@H]21. The molecule has 126 valence electrons. The van der Waals surface area contributed by atoms with E-state index in [1.54, 1.807) is 18.5 Å². The Morgan fingerprint density at radius 2 is 2.17 bits per heavy atom. The summed E-state index contributed by atoms with van der Waals surface area (Å²) in [4.78, 5) is 24.7. The van der Waals surface area contributed by atoms with Crippen molar-refractivity contribution in [3.05, 3.63) is 18.5 Å². The van der Waals surface area contributed by atoms with Gasteiger partial charge in [-0.25, -0.2) is 9.97 Å². The molecule has 1 aromatic rings. The van der Waals surface area contributed by atoms with Crippen molar-refractivity contribution in [1.82, 2.24) is 19.8 Å². The minimum Gasteiger partial charge on any atom is -0.374 e. The van der Waals surface area contributed by atoms with Crippen LogP contribution in [0.1, 0.15) is 12.8 Å². The van der Waals surface area contributed by atoms with E-state index in [0.717, 1.165) is 19.4 Å². The molecule has 0 bridgehead atoms. The summed E-state index contributed by atoms with van der Waals surface area (Å²) in [7, 11) is 3.86. The predicted molar refractivity (Wildman–Crippen MR) is 87.0 cm³/mol. The van der Waals surface area contributed by atoms with Gasteiger partial charge in [-0.05, 0) is 33.0 Å². The number of carbonyl (C=O) groups is 1. The zero-order valence-corrected chi connectivity index (χ0v) is 13.8. The van der Waals surface area contributed by atoms with Gasteiger partial charge in [0.1, 0.15) is 0 Å². The summed E-state index contributed by atoms with van der Waals surface area (Å²) in [6, 6.07) is 2.01. The monoisotopic (exact) mass is 319 g/mol. The normalized spacial score (nSPS) is 27.1. The van der Waals surface area contributed by atoms with E-state index < -0.39 is 0 Å². The topological polar surface area (TPSA) is 70.6 Å². The molecule has 0 unspecified atom stereocenters. The number of anilines is 1. The molecule has 0 aromatic carbocycles. The lowest BCUT2D eigenvalue weighted by atomic mass is 10.0. The number of hydrogen-bond acceptors (Lipinski definition) is 6. The average Bonchev–Trinajstić information content (AvgIpc) is 2.96. The second-order valence-corrected chi connectivity index (χ2v) is 6.52. The lowest BCUT2D eigenvalue weighted by Crippen LogP contribution is -2.54. The summed E-state index contributed by atoms with van der Waals surface area (Å²) in [5.41, 5.74) is 0. The van der Waals surface area contributed by atoms with Crippen LogP contribution in [-0.2, 0) is 9.53 Å². The van der Waals surface area contributed by atoms with Gasteiger partial charge in [-0.3, -0.25) is 4.79 Å². The van der Waals surface area contributed by atoms with Crippen LogP contribution in [0.15, 0.2) is 18.5 Å². The van der Waals surface area contributed by atoms with Crippen molar-refractivity contribution in [3.63, 3.8) is 0 Å². The Bertz CT molecular complexity index is 524. The van der Waals surface area contributed by atoms with E-state index in [4.69, 9.17) is 4.74 Å². The molecule has 7 heteroatoms. The molecular weight excluding hydrogens is 294 g/mol. The number of aromatic nitrogens is 2. The van der Waals surface area contributed by atoms with Crippen molar-refractivity contribution in [1.29, 1.82) is 0 Å². The fraction of sp³-hybridized carbons (Fsp3) is 0.688. The molecule has 2 heterocycles. The average molecular weight is 319 g/mol. The zero-order chi connectivity index (χ0) is 16.2. The number of ether oxygens (including phenoxy) is 1. The van der Waals surface area contributed by atoms with E-state index in [-0.39, 0.29) is 18.1 Å². The molecule has 1 aliphatic carbocycles. The molecule has 23 heavy (non-hydrogen) atoms. The third kappa shape index (κ3) is 3.79. The van der Waals surface area contributed by atoms with Crippen molar-refractivity contribution in [3.8, 4) is 0 Å². The molecule has 2 aliphatic rings. The van der Waals surface area contributed by atoms with E-state index >= 15 is 0 Å². The van der Waals surface area contributed by atoms with Gasteiger partial charge < -0.3 is 19.9 Å². The molecule has 3 atom stereocenters. The van der Waals surface area contributed by atoms with Crippen molar-refractivity contribution in [2.45, 2.75) is 25.0 Å². The lowest BCUT2D eigenvalue weighted by Gasteiger charge is -2.39. The fourth-order valence-electron chi connectivity index (χ4n) is 3.56. The minimum absolute atomic E-state index is 0.117. The molecule has 1 saturated carbocycles. The first-order valence-corrected chi connectivity index (χ1v) is 8.22. The number of rotatable bonds is 5. The van der Waals surface area contributed by atoms with Gasteiger partial charge in [0.05, 0.1) is 25.3 Å². The first-order valence-electron chi connectivity index (χ1n) is 8.22. The van der Waals surface area contributed by atoms with Crippen LogP contribution in [0, 0.1) is 5.92 Å². The Hall–Kier alpha value is -1.73. The summed E-state index contributed by atoms with van der Waals surface area (Å²) in [6.07, 6.45) is 5.63. The zero-order valence-electron chi connectivity index (χ0n) is 13.8. The van der Waals surface area contributed by atoms with Crippen molar-refractivity contribution >= 4 is 11.9 Å². The molecule has 1 aromatic heterocycles. The van der Waals surface area contributed by atoms with E-state index in [0.29, 0.717) is 31.6 Å². The second kappa shape index (κ2) is 7.23. The Kier molecular flexibility index (Phi) is 5.07. The van der Waals surface area contributed by atoms with Gasteiger partial charge in [0.2, 0.25) is 11.9 Å². The van der Waals surface area contributed by atoms with Gasteiger partial charge in [0, 0.05) is 31.4 Å². The highest BCUT2D eigenvalue weighted by molar-refractivity contribution is 5.78. The highest BCUT2D eigenvalue weighted by Gasteiger charge is 2.44. The van der Waals surface area contributed by atoms with E-state index in [2.05, 4.69) is 15.3 Å². The molecule has 1 saturated heterocycles. The highest BCUT2D eigenvalue weighted by atomic mass is 16.5. The van der Waals surface area contributed by atoms with Crippen LogP contribution in [0.25, 0.3) is 0 Å². The molecule has 1 N–H and O–H groups in total. The highest BCUT2D eigenvalue weighted by Crippen LogP contribution is 2.34. The Labute approximate surface area is 137 Å². The number of nitrogens with one attached hydrogen (secondary N) is 1. The van der Waals surface area contributed by atoms with Gasteiger partial charge >= 0.3 is 0 Å². The van der Waals surface area contributed by atoms with Crippen LogP contribution in [-0.4, -0.2) is 78.2 Å². The summed E-state index contributed by atoms with van der Waals surface area (Å²) < 4.78 is 6.00. The second-order valence-electron chi connectivity index (χ2n) is 6.52. The molecule has 2 fully saturated rings. The fourth-order valence-corrected chi connectivity index (χ4v) is 3.56. The molecule has 1 aliphatic heterocycles. The summed E-state index contributed by atoms with van der Waals surface area (Å²) in [6.45, 7) is 2.57. The molecule has 3 rings (SSSR count). The summed E-state index contributed by atoms with van der Waals surface area (Å²) >= 11 is 0. The van der Waals surface area contributed by atoms with Crippen molar-refractivity contribution < 1.29 is 9.53 Å². The third-order valence-electron chi connectivity index (χ3n) is 4.58. The molecular formula is C16H25N5O2. The van der Waals surface area contributed by atoms with Crippen molar-refractivity contribution in [2.75, 3.05) is 45.7 Å². The largest absolute Gasteiger partial charge is 0.374 e. The number of likely N-dealkylation sites (N-methyl/N-ethyl adjacent to an activating group) is 1. The van der Waals surface area contributed by atoms with Gasteiger partial charge in [0.15, 0.2) is 0 Å². The van der Waals surface area contributed by atoms with Crippen LogP contribution in [0.4, 0.5) is 5.95 Å². The number of fused-ring (bicyclic) bond motifs is 1. The van der Waals surface area contributed by atoms with E-state index in [1.165, 1.54) is 0 Å². The number of carbonyl (C=O) groups excluding carboxylic acids is 1. The third-order valence-corrected chi connectivity index (χ3v) is 4.58. The van der Waals surface area contributed by atoms with Gasteiger partial charge in [0.25, 0.3) is 0 Å². The molecule has 0 spiro atoms. The molecule has 7 nitrogen and oxygen atoms in total. The Balaban J connectivity index is 1.58. The lowest BCUT2D eigenvalue weighted by molar-refractivity contribution is -0.146. The number of morpholine rings is 1. The van der Waals surface area contributed by atoms with E-state index in [9.17, 15) is 4.79 Å². The summed E-state index contributed by atoms with van der Waals surface area (Å²) in [5.74, 6) is 1.24. The molecule has 0 radical (unpaired) electrons. The smallest absolute Gasteiger partial charge is 0.237 e. The number of nitrogens with zero attached hydrogens (tertiary/aromatic N) is 4. The Morgan fingerprint density at radius 3 is 2.91 bits per heavy atom. The number of hydrogen-bond donors (Lipinski definition) is 1. The number of amides is 1. The molecule has 1 amide bonds. The predicted octanol–water partition coefficient (Wildman–Crippen LogP) is 0.456. The summed E-state index contributed by atoms with van der Waals surface area (Å²) in [5, 5.41) is 3.28. The Morgan fingerprint density at radius 1 is 1.39 bits per heavy atom. The maximum atomic E-state index is 12.4. The first kappa shape index (κ1) is 16.1. The van der Waals surface area contributed by atoms with E-state index in [1.807, 2.05) is 23.9 Å². The van der Waals surface area contributed by atoms with Crippen LogP contribution < -0.4 is 5.32 Å². The van der Waals surface area contributed by atoms with Crippen molar-refractivity contribution in [2.24, 2.45) is 5.92 Å². The first-order chi connectivity index (χ1) is 11.1. The quantitative estimate of drug-likeness (QED) is 0.850. The van der Waals surface area contributed by atoms with Crippen LogP contribution in [0.2, 0.25) is 0 Å². The van der Waals surface area contributed by atoms with Gasteiger partial charge in [-0.1, -0.05) is 0 Å². The maximum Gasteiger partial charge on any atom is 0.237 e. The van der Waals surface area contributed by atoms with Gasteiger partial charge in [-0.2, -0.15) is 0 Å². The maximum absolute atomic E-state index is 12.4. The van der Waals surface area contributed by atoms with Gasteiger partial charge in [-0.15, -0.1) is 0 Å². The van der Waals surface area contributed by atoms with Crippen LogP contribution >= 0.6 is 0 Å². The standard InChI is InChI=1S/C16H25N5O2/c1-20(2)11-14(22)21-8-9-23-15-12(4-5-13(15)21)10-19-16-17-6-3-7-18-16/h3,6-7,12-13,15H,4-5,8-11H2,1-2H3,(H,17,18,19)/t12-,13+,15+/m0/s1.